The Bertz CT molecular complexity index is 1430. The molecular formula is C26H24BrCl2N3O4S. The first-order chi connectivity index (χ1) is 17.7. The lowest BCUT2D eigenvalue weighted by Crippen LogP contribution is -2.48. The molecule has 0 unspecified atom stereocenters. The first kappa shape index (κ1) is 26.3. The van der Waals surface area contributed by atoms with Crippen LogP contribution in [-0.4, -0.2) is 62.9 Å². The predicted octanol–water partition coefficient (Wildman–Crippen LogP) is 5.30. The highest BCUT2D eigenvalue weighted by molar-refractivity contribution is 9.10. The monoisotopic (exact) mass is 623 g/mol. The number of piperazine rings is 1. The Morgan fingerprint density at radius 1 is 0.892 bits per heavy atom. The fraction of sp³-hybridized carbons (Fsp3) is 0.269. The zero-order chi connectivity index (χ0) is 26.2. The number of carbonyl (C=O) groups excluding carboxylic acids is 1. The lowest BCUT2D eigenvalue weighted by Gasteiger charge is -2.35. The van der Waals surface area contributed by atoms with E-state index in [1.807, 2.05) is 36.4 Å². The molecule has 1 saturated heterocycles. The smallest absolute Gasteiger partial charge is 0.255 e. The summed E-state index contributed by atoms with van der Waals surface area (Å²) in [6.45, 7) is 2.65. The standard InChI is InChI=1S/C26H24BrCl2N3O4S/c27-19-14-18-17-31(12-13-36-25(18)24(29)15-19)26(33)22-16-21(6-7-23(22)28)37(34,35)32-10-8-30(9-11-32)20-4-2-1-3-5-20/h1-7,14-16H,8-13,17H2. The number of carbonyl (C=O) groups is 1. The second kappa shape index (κ2) is 10.8. The molecule has 0 spiro atoms. The van der Waals surface area contributed by atoms with Crippen molar-refractivity contribution in [3.8, 4) is 5.75 Å². The maximum Gasteiger partial charge on any atom is 0.255 e. The molecule has 37 heavy (non-hydrogen) atoms. The van der Waals surface area contributed by atoms with Crippen LogP contribution in [0.4, 0.5) is 5.69 Å². The van der Waals surface area contributed by atoms with Crippen molar-refractivity contribution in [3.63, 3.8) is 0 Å². The number of fused-ring (bicyclic) bond motifs is 1. The first-order valence-electron chi connectivity index (χ1n) is 11.7. The molecule has 7 nitrogen and oxygen atoms in total. The quantitative estimate of drug-likeness (QED) is 0.394. The third-order valence-electron chi connectivity index (χ3n) is 6.51. The molecule has 2 aliphatic heterocycles. The SMILES string of the molecule is O=C(c1cc(S(=O)(=O)N2CCN(c3ccccc3)CC2)ccc1Cl)N1CCOc2c(Cl)cc(Br)cc2C1. The molecule has 0 aliphatic carbocycles. The highest BCUT2D eigenvalue weighted by atomic mass is 79.9. The topological polar surface area (TPSA) is 70.2 Å². The van der Waals surface area contributed by atoms with Crippen molar-refractivity contribution in [2.45, 2.75) is 11.4 Å². The molecule has 3 aromatic rings. The maximum atomic E-state index is 13.5. The number of amides is 1. The molecule has 0 aromatic heterocycles. The van der Waals surface area contributed by atoms with Crippen molar-refractivity contribution < 1.29 is 17.9 Å². The Labute approximate surface area is 234 Å². The molecule has 0 saturated carbocycles. The van der Waals surface area contributed by atoms with E-state index in [9.17, 15) is 13.2 Å². The van der Waals surface area contributed by atoms with Crippen LogP contribution in [0.25, 0.3) is 0 Å². The maximum absolute atomic E-state index is 13.5. The van der Waals surface area contributed by atoms with Gasteiger partial charge in [-0.05, 0) is 42.5 Å². The van der Waals surface area contributed by atoms with Crippen molar-refractivity contribution in [1.29, 1.82) is 0 Å². The fourth-order valence-electron chi connectivity index (χ4n) is 4.58. The van der Waals surface area contributed by atoms with Gasteiger partial charge in [0.25, 0.3) is 5.91 Å². The van der Waals surface area contributed by atoms with Crippen LogP contribution in [-0.2, 0) is 16.6 Å². The van der Waals surface area contributed by atoms with Crippen LogP contribution < -0.4 is 9.64 Å². The van der Waals surface area contributed by atoms with E-state index in [0.29, 0.717) is 43.5 Å². The van der Waals surface area contributed by atoms with E-state index in [2.05, 4.69) is 20.8 Å². The molecule has 1 amide bonds. The van der Waals surface area contributed by atoms with Crippen molar-refractivity contribution >= 4 is 60.7 Å². The summed E-state index contributed by atoms with van der Waals surface area (Å²) in [7, 11) is -3.81. The number of hydrogen-bond donors (Lipinski definition) is 0. The molecule has 0 radical (unpaired) electrons. The van der Waals surface area contributed by atoms with Gasteiger partial charge in [-0.1, -0.05) is 57.3 Å². The second-order valence-corrected chi connectivity index (χ2v) is 12.5. The van der Waals surface area contributed by atoms with Gasteiger partial charge in [-0.25, -0.2) is 8.42 Å². The Morgan fingerprint density at radius 3 is 2.35 bits per heavy atom. The van der Waals surface area contributed by atoms with Gasteiger partial charge in [0.1, 0.15) is 12.4 Å². The Morgan fingerprint density at radius 2 is 1.62 bits per heavy atom. The lowest BCUT2D eigenvalue weighted by atomic mass is 10.1. The number of rotatable bonds is 4. The van der Waals surface area contributed by atoms with Crippen LogP contribution in [0, 0.1) is 0 Å². The molecule has 2 aliphatic rings. The molecular weight excluding hydrogens is 601 g/mol. The van der Waals surface area contributed by atoms with Gasteiger partial charge >= 0.3 is 0 Å². The van der Waals surface area contributed by atoms with Gasteiger partial charge in [-0.15, -0.1) is 0 Å². The zero-order valence-electron chi connectivity index (χ0n) is 19.7. The summed E-state index contributed by atoms with van der Waals surface area (Å²) in [5.41, 5.74) is 1.95. The van der Waals surface area contributed by atoms with Crippen molar-refractivity contribution in [2.75, 3.05) is 44.2 Å². The second-order valence-electron chi connectivity index (χ2n) is 8.82. The van der Waals surface area contributed by atoms with Gasteiger partial charge in [0.05, 0.1) is 27.0 Å². The van der Waals surface area contributed by atoms with Crippen LogP contribution in [0.15, 0.2) is 70.0 Å². The molecule has 2 heterocycles. The number of ether oxygens (including phenoxy) is 1. The van der Waals surface area contributed by atoms with E-state index in [-0.39, 0.29) is 34.5 Å². The molecule has 0 atom stereocenters. The van der Waals surface area contributed by atoms with Gasteiger partial charge in [0.2, 0.25) is 10.0 Å². The fourth-order valence-corrected chi connectivity index (χ4v) is 7.16. The highest BCUT2D eigenvalue weighted by Crippen LogP contribution is 2.35. The number of benzene rings is 3. The van der Waals surface area contributed by atoms with E-state index in [0.717, 1.165) is 15.7 Å². The molecule has 1 fully saturated rings. The van der Waals surface area contributed by atoms with Crippen LogP contribution >= 0.6 is 39.1 Å². The summed E-state index contributed by atoms with van der Waals surface area (Å²) in [6, 6.07) is 17.8. The molecule has 194 valence electrons. The van der Waals surface area contributed by atoms with E-state index < -0.39 is 10.0 Å². The van der Waals surface area contributed by atoms with Crippen LogP contribution in [0.2, 0.25) is 10.0 Å². The number of nitrogens with zero attached hydrogens (tertiary/aromatic N) is 3. The van der Waals surface area contributed by atoms with Crippen LogP contribution in [0.5, 0.6) is 5.75 Å². The minimum Gasteiger partial charge on any atom is -0.490 e. The number of anilines is 1. The van der Waals surface area contributed by atoms with Gasteiger partial charge in [-0.3, -0.25) is 4.79 Å². The number of hydrogen-bond acceptors (Lipinski definition) is 5. The third-order valence-corrected chi connectivity index (χ3v) is 9.47. The summed E-state index contributed by atoms with van der Waals surface area (Å²) >= 11 is 16.2. The van der Waals surface area contributed by atoms with E-state index in [1.165, 1.54) is 22.5 Å². The van der Waals surface area contributed by atoms with E-state index >= 15 is 0 Å². The van der Waals surface area contributed by atoms with Crippen LogP contribution in [0.1, 0.15) is 15.9 Å². The van der Waals surface area contributed by atoms with Gasteiger partial charge < -0.3 is 14.5 Å². The number of halogens is 3. The molecule has 0 N–H and O–H groups in total. The zero-order valence-corrected chi connectivity index (χ0v) is 23.7. The molecule has 0 bridgehead atoms. The molecule has 5 rings (SSSR count). The summed E-state index contributed by atoms with van der Waals surface area (Å²) < 4.78 is 35.0. The first-order valence-corrected chi connectivity index (χ1v) is 14.7. The predicted molar refractivity (Wildman–Crippen MR) is 148 cm³/mol. The number of sulfonamides is 1. The Kier molecular flexibility index (Phi) is 7.70. The van der Waals surface area contributed by atoms with E-state index in [4.69, 9.17) is 27.9 Å². The number of para-hydroxylation sites is 1. The van der Waals surface area contributed by atoms with Gasteiger partial charge in [0, 0.05) is 48.4 Å². The highest BCUT2D eigenvalue weighted by Gasteiger charge is 2.31. The average Bonchev–Trinajstić information content (AvgIpc) is 3.12. The summed E-state index contributed by atoms with van der Waals surface area (Å²) in [6.07, 6.45) is 0. The average molecular weight is 625 g/mol. The van der Waals surface area contributed by atoms with Crippen molar-refractivity contribution in [2.24, 2.45) is 0 Å². The van der Waals surface area contributed by atoms with Gasteiger partial charge in [-0.2, -0.15) is 4.31 Å². The Hall–Kier alpha value is -2.30. The van der Waals surface area contributed by atoms with Crippen LogP contribution in [0.3, 0.4) is 0 Å². The molecule has 3 aromatic carbocycles. The van der Waals surface area contributed by atoms with Gasteiger partial charge in [0.15, 0.2) is 0 Å². The largest absolute Gasteiger partial charge is 0.490 e. The minimum absolute atomic E-state index is 0.0469. The third kappa shape index (κ3) is 5.47. The van der Waals surface area contributed by atoms with E-state index in [1.54, 1.807) is 11.0 Å². The normalized spacial score (nSPS) is 16.6. The summed E-state index contributed by atoms with van der Waals surface area (Å²) in [4.78, 5) is 17.3. The minimum atomic E-state index is -3.81. The summed E-state index contributed by atoms with van der Waals surface area (Å²) in [5.74, 6) is 0.167. The summed E-state index contributed by atoms with van der Waals surface area (Å²) in [5, 5.41) is 0.646. The lowest BCUT2D eigenvalue weighted by molar-refractivity contribution is 0.0733. The molecule has 11 heteroatoms. The Balaban J connectivity index is 1.36. The van der Waals surface area contributed by atoms with Crippen molar-refractivity contribution in [3.05, 3.63) is 86.3 Å². The van der Waals surface area contributed by atoms with Crippen molar-refractivity contribution in [1.82, 2.24) is 9.21 Å².